The number of carbonyl (C=O) groups excluding carboxylic acids is 1. The van der Waals surface area contributed by atoms with Crippen molar-refractivity contribution in [2.45, 2.75) is 11.1 Å². The molecule has 0 aromatic heterocycles. The standard InChI is InChI=1S/C11H13F3OS/c1-16(2,3)9-6-4-5-8(7-9)10(15)11(12,13)14/h4-7H,1-3H3. The smallest absolute Gasteiger partial charge is 0.284 e. The topological polar surface area (TPSA) is 17.1 Å². The summed E-state index contributed by atoms with van der Waals surface area (Å²) in [5, 5.41) is 0. The molecule has 0 aliphatic rings. The molecule has 16 heavy (non-hydrogen) atoms. The number of Topliss-reactive ketones (excluding diaryl/α,β-unsaturated/α-hetero) is 1. The lowest BCUT2D eigenvalue weighted by Gasteiger charge is -2.26. The van der Waals surface area contributed by atoms with E-state index in [4.69, 9.17) is 0 Å². The van der Waals surface area contributed by atoms with Crippen LogP contribution in [0, 0.1) is 0 Å². The molecule has 0 unspecified atom stereocenters. The first-order valence-electron chi connectivity index (χ1n) is 4.52. The molecular weight excluding hydrogens is 237 g/mol. The van der Waals surface area contributed by atoms with Gasteiger partial charge in [0.05, 0.1) is 0 Å². The predicted molar refractivity (Wildman–Crippen MR) is 60.5 cm³/mol. The molecule has 0 atom stereocenters. The summed E-state index contributed by atoms with van der Waals surface area (Å²) in [7, 11) is -1.12. The number of rotatable bonds is 2. The number of carbonyl (C=O) groups is 1. The molecule has 1 nitrogen and oxygen atoms in total. The van der Waals surface area contributed by atoms with Gasteiger partial charge in [-0.2, -0.15) is 13.2 Å². The second kappa shape index (κ2) is 4.13. The van der Waals surface area contributed by atoms with E-state index in [1.54, 1.807) is 6.07 Å². The van der Waals surface area contributed by atoms with Crippen molar-refractivity contribution in [1.29, 1.82) is 0 Å². The summed E-state index contributed by atoms with van der Waals surface area (Å²) >= 11 is 0. The summed E-state index contributed by atoms with van der Waals surface area (Å²) in [4.78, 5) is 11.8. The van der Waals surface area contributed by atoms with E-state index >= 15 is 0 Å². The molecule has 0 amide bonds. The maximum Gasteiger partial charge on any atom is 0.454 e. The van der Waals surface area contributed by atoms with Crippen molar-refractivity contribution in [3.05, 3.63) is 29.8 Å². The average molecular weight is 250 g/mol. The Kier molecular flexibility index (Phi) is 3.38. The van der Waals surface area contributed by atoms with Gasteiger partial charge in [0.25, 0.3) is 5.78 Å². The minimum atomic E-state index is -4.80. The first-order chi connectivity index (χ1) is 7.12. The zero-order chi connectivity index (χ0) is 12.6. The largest absolute Gasteiger partial charge is 0.454 e. The van der Waals surface area contributed by atoms with Gasteiger partial charge in [-0.25, -0.2) is 10.0 Å². The fraction of sp³-hybridized carbons (Fsp3) is 0.364. The Morgan fingerprint density at radius 2 is 1.75 bits per heavy atom. The second-order valence-corrected chi connectivity index (χ2v) is 8.34. The van der Waals surface area contributed by atoms with Crippen LogP contribution in [0.15, 0.2) is 29.2 Å². The molecule has 0 aliphatic carbocycles. The van der Waals surface area contributed by atoms with E-state index in [0.29, 0.717) is 0 Å². The Bertz CT molecular complexity index is 404. The summed E-state index contributed by atoms with van der Waals surface area (Å²) in [6.45, 7) is 0. The Morgan fingerprint density at radius 3 is 2.19 bits per heavy atom. The molecular formula is C11H13F3OS. The van der Waals surface area contributed by atoms with Crippen LogP contribution in [0.1, 0.15) is 10.4 Å². The lowest BCUT2D eigenvalue weighted by Crippen LogP contribution is -2.22. The second-order valence-electron chi connectivity index (χ2n) is 4.19. The summed E-state index contributed by atoms with van der Waals surface area (Å²) in [5.74, 6) is -1.78. The van der Waals surface area contributed by atoms with Gasteiger partial charge >= 0.3 is 6.18 Å². The van der Waals surface area contributed by atoms with Crippen LogP contribution in [0.5, 0.6) is 0 Å². The van der Waals surface area contributed by atoms with Crippen molar-refractivity contribution < 1.29 is 18.0 Å². The normalized spacial score (nSPS) is 13.6. The molecule has 0 fully saturated rings. The predicted octanol–water partition coefficient (Wildman–Crippen LogP) is 3.48. The first-order valence-corrected chi connectivity index (χ1v) is 7.38. The van der Waals surface area contributed by atoms with Crippen LogP contribution in [0.3, 0.4) is 0 Å². The van der Waals surface area contributed by atoms with Gasteiger partial charge in [-0.3, -0.25) is 4.79 Å². The number of halogens is 3. The fourth-order valence-corrected chi connectivity index (χ4v) is 2.15. The van der Waals surface area contributed by atoms with E-state index in [1.807, 2.05) is 18.8 Å². The zero-order valence-electron chi connectivity index (χ0n) is 9.26. The highest BCUT2D eigenvalue weighted by molar-refractivity contribution is 8.32. The van der Waals surface area contributed by atoms with E-state index in [1.165, 1.54) is 18.2 Å². The van der Waals surface area contributed by atoms with Gasteiger partial charge in [0, 0.05) is 5.56 Å². The Hall–Kier alpha value is -0.970. The number of benzene rings is 1. The number of alkyl halides is 3. The minimum Gasteiger partial charge on any atom is -0.284 e. The molecule has 0 saturated carbocycles. The molecule has 1 rings (SSSR count). The van der Waals surface area contributed by atoms with Crippen LogP contribution >= 0.6 is 10.0 Å². The quantitative estimate of drug-likeness (QED) is 0.734. The molecule has 0 heterocycles. The van der Waals surface area contributed by atoms with Crippen LogP contribution in [-0.4, -0.2) is 30.7 Å². The van der Waals surface area contributed by atoms with Crippen LogP contribution in [0.2, 0.25) is 0 Å². The van der Waals surface area contributed by atoms with E-state index in [-0.39, 0.29) is 5.56 Å². The summed E-state index contributed by atoms with van der Waals surface area (Å²) < 4.78 is 36.7. The van der Waals surface area contributed by atoms with Crippen molar-refractivity contribution in [3.63, 3.8) is 0 Å². The molecule has 90 valence electrons. The highest BCUT2D eigenvalue weighted by Crippen LogP contribution is 2.45. The van der Waals surface area contributed by atoms with Gasteiger partial charge in [-0.05, 0) is 29.7 Å². The Balaban J connectivity index is 3.14. The van der Waals surface area contributed by atoms with Crippen LogP contribution in [0.25, 0.3) is 0 Å². The maximum absolute atomic E-state index is 12.2. The molecule has 0 spiro atoms. The number of ketones is 1. The molecule has 5 heteroatoms. The van der Waals surface area contributed by atoms with Gasteiger partial charge in [-0.1, -0.05) is 18.2 Å². The lowest BCUT2D eigenvalue weighted by atomic mass is 10.1. The maximum atomic E-state index is 12.2. The van der Waals surface area contributed by atoms with E-state index < -0.39 is 22.0 Å². The van der Waals surface area contributed by atoms with Gasteiger partial charge in [0.1, 0.15) is 0 Å². The summed E-state index contributed by atoms with van der Waals surface area (Å²) in [6.07, 6.45) is 1.09. The Morgan fingerprint density at radius 1 is 1.19 bits per heavy atom. The first kappa shape index (κ1) is 13.1. The lowest BCUT2D eigenvalue weighted by molar-refractivity contribution is -0.0885. The fourth-order valence-electron chi connectivity index (χ4n) is 1.18. The van der Waals surface area contributed by atoms with Crippen molar-refractivity contribution in [1.82, 2.24) is 0 Å². The van der Waals surface area contributed by atoms with Gasteiger partial charge in [0.2, 0.25) is 0 Å². The van der Waals surface area contributed by atoms with Gasteiger partial charge in [0.15, 0.2) is 0 Å². The SMILES string of the molecule is CS(C)(C)c1cccc(C(=O)C(F)(F)F)c1. The van der Waals surface area contributed by atoms with E-state index in [2.05, 4.69) is 0 Å². The molecule has 1 aromatic rings. The monoisotopic (exact) mass is 250 g/mol. The van der Waals surface area contributed by atoms with Crippen molar-refractivity contribution in [2.24, 2.45) is 0 Å². The van der Waals surface area contributed by atoms with Crippen molar-refractivity contribution in [3.8, 4) is 0 Å². The molecule has 0 N–H and O–H groups in total. The molecule has 0 bridgehead atoms. The highest BCUT2D eigenvalue weighted by atomic mass is 32.3. The molecule has 0 aliphatic heterocycles. The average Bonchev–Trinajstić information content (AvgIpc) is 2.14. The van der Waals surface area contributed by atoms with Crippen LogP contribution in [0.4, 0.5) is 13.2 Å². The molecule has 0 radical (unpaired) electrons. The van der Waals surface area contributed by atoms with E-state index in [0.717, 1.165) is 4.90 Å². The number of hydrogen-bond donors (Lipinski definition) is 0. The third-order valence-electron chi connectivity index (χ3n) is 2.06. The van der Waals surface area contributed by atoms with E-state index in [9.17, 15) is 18.0 Å². The highest BCUT2D eigenvalue weighted by Gasteiger charge is 2.39. The summed E-state index contributed by atoms with van der Waals surface area (Å²) in [5.41, 5.74) is -0.285. The van der Waals surface area contributed by atoms with Crippen molar-refractivity contribution >= 4 is 15.8 Å². The Labute approximate surface area is 94.0 Å². The number of hydrogen-bond acceptors (Lipinski definition) is 1. The molecule has 1 aromatic carbocycles. The third kappa shape index (κ3) is 3.01. The minimum absolute atomic E-state index is 0.285. The zero-order valence-corrected chi connectivity index (χ0v) is 10.1. The molecule has 0 saturated heterocycles. The van der Waals surface area contributed by atoms with Crippen LogP contribution < -0.4 is 0 Å². The third-order valence-corrected chi connectivity index (χ3v) is 3.73. The van der Waals surface area contributed by atoms with Crippen LogP contribution in [-0.2, 0) is 0 Å². The van der Waals surface area contributed by atoms with Gasteiger partial charge < -0.3 is 0 Å². The van der Waals surface area contributed by atoms with Crippen molar-refractivity contribution in [2.75, 3.05) is 18.8 Å². The summed E-state index contributed by atoms with van der Waals surface area (Å²) in [6, 6.07) is 5.78. The van der Waals surface area contributed by atoms with Gasteiger partial charge in [-0.15, -0.1) is 0 Å².